The summed E-state index contributed by atoms with van der Waals surface area (Å²) in [6, 6.07) is 4.06. The molecule has 0 radical (unpaired) electrons. The van der Waals surface area contributed by atoms with Crippen LogP contribution in [0.5, 0.6) is 0 Å². The Balaban J connectivity index is 1.79. The summed E-state index contributed by atoms with van der Waals surface area (Å²) < 4.78 is 5.70. The van der Waals surface area contributed by atoms with E-state index in [4.69, 9.17) is 10.5 Å². The molecule has 6 nitrogen and oxygen atoms in total. The second-order valence-corrected chi connectivity index (χ2v) is 5.11. The van der Waals surface area contributed by atoms with E-state index in [-0.39, 0.29) is 6.10 Å². The lowest BCUT2D eigenvalue weighted by molar-refractivity contribution is 0.0805. The molecule has 1 aromatic rings. The number of hydrogen-bond donors (Lipinski definition) is 2. The van der Waals surface area contributed by atoms with Crippen molar-refractivity contribution in [2.45, 2.75) is 37.8 Å². The summed E-state index contributed by atoms with van der Waals surface area (Å²) in [4.78, 5) is 10.6. The van der Waals surface area contributed by atoms with Crippen LogP contribution >= 0.6 is 15.9 Å². The maximum Gasteiger partial charge on any atom is 0.404 e. The molecule has 3 N–H and O–H groups in total. The third-order valence-corrected chi connectivity index (χ3v) is 3.36. The van der Waals surface area contributed by atoms with Crippen molar-refractivity contribution in [3.8, 4) is 0 Å². The fourth-order valence-electron chi connectivity index (χ4n) is 2.09. The van der Waals surface area contributed by atoms with Crippen LogP contribution in [0.2, 0.25) is 0 Å². The van der Waals surface area contributed by atoms with Gasteiger partial charge >= 0.3 is 6.09 Å². The van der Waals surface area contributed by atoms with Gasteiger partial charge in [0.15, 0.2) is 0 Å². The molecule has 0 saturated heterocycles. The van der Waals surface area contributed by atoms with E-state index in [1.807, 2.05) is 12.1 Å². The fourth-order valence-corrected chi connectivity index (χ4v) is 2.30. The second-order valence-electron chi connectivity index (χ2n) is 4.30. The Morgan fingerprint density at radius 3 is 2.61 bits per heavy atom. The van der Waals surface area contributed by atoms with E-state index in [0.717, 1.165) is 31.5 Å². The third-order valence-electron chi connectivity index (χ3n) is 2.94. The molecule has 2 rings (SSSR count). The summed E-state index contributed by atoms with van der Waals surface area (Å²) >= 11 is 3.24. The van der Waals surface area contributed by atoms with E-state index in [2.05, 4.69) is 31.4 Å². The Morgan fingerprint density at radius 1 is 1.33 bits per heavy atom. The number of aromatic nitrogens is 2. The zero-order valence-electron chi connectivity index (χ0n) is 9.80. The minimum absolute atomic E-state index is 0.0449. The van der Waals surface area contributed by atoms with E-state index >= 15 is 0 Å². The summed E-state index contributed by atoms with van der Waals surface area (Å²) in [5.41, 5.74) is 5.00. The molecule has 1 heterocycles. The molecule has 0 aliphatic heterocycles. The zero-order valence-corrected chi connectivity index (χ0v) is 11.4. The topological polar surface area (TPSA) is 90.1 Å². The van der Waals surface area contributed by atoms with E-state index in [0.29, 0.717) is 10.6 Å². The van der Waals surface area contributed by atoms with Gasteiger partial charge in [0.1, 0.15) is 16.5 Å². The van der Waals surface area contributed by atoms with Crippen molar-refractivity contribution in [3.05, 3.63) is 16.7 Å². The first kappa shape index (κ1) is 13.1. The molecule has 1 saturated carbocycles. The van der Waals surface area contributed by atoms with Gasteiger partial charge < -0.3 is 15.8 Å². The number of anilines is 1. The largest absolute Gasteiger partial charge is 0.446 e. The summed E-state index contributed by atoms with van der Waals surface area (Å²) in [5, 5.41) is 11.3. The molecule has 1 fully saturated rings. The van der Waals surface area contributed by atoms with Gasteiger partial charge in [0.2, 0.25) is 0 Å². The number of nitrogens with one attached hydrogen (secondary N) is 1. The highest BCUT2D eigenvalue weighted by atomic mass is 79.9. The van der Waals surface area contributed by atoms with Crippen molar-refractivity contribution >= 4 is 27.8 Å². The van der Waals surface area contributed by atoms with Gasteiger partial charge in [-0.25, -0.2) is 4.79 Å². The molecule has 0 atom stereocenters. The predicted octanol–water partition coefficient (Wildman–Crippen LogP) is 2.06. The van der Waals surface area contributed by atoms with Crippen molar-refractivity contribution in [2.24, 2.45) is 5.73 Å². The van der Waals surface area contributed by atoms with Gasteiger partial charge in [-0.2, -0.15) is 0 Å². The molecule has 1 aliphatic carbocycles. The number of ether oxygens (including phenoxy) is 1. The van der Waals surface area contributed by atoms with Crippen LogP contribution in [-0.2, 0) is 4.74 Å². The number of halogens is 1. The molecule has 18 heavy (non-hydrogen) atoms. The van der Waals surface area contributed by atoms with Crippen LogP contribution < -0.4 is 11.1 Å². The lowest BCUT2D eigenvalue weighted by Crippen LogP contribution is -2.32. The van der Waals surface area contributed by atoms with E-state index in [1.165, 1.54) is 0 Å². The highest BCUT2D eigenvalue weighted by Gasteiger charge is 2.23. The molecule has 1 aliphatic rings. The average Bonchev–Trinajstić information content (AvgIpc) is 2.34. The lowest BCUT2D eigenvalue weighted by atomic mass is 9.93. The van der Waals surface area contributed by atoms with Crippen molar-refractivity contribution in [2.75, 3.05) is 5.32 Å². The molecule has 98 valence electrons. The Morgan fingerprint density at radius 2 is 2.06 bits per heavy atom. The smallest absolute Gasteiger partial charge is 0.404 e. The fraction of sp³-hybridized carbons (Fsp3) is 0.545. The Labute approximate surface area is 113 Å². The summed E-state index contributed by atoms with van der Waals surface area (Å²) in [5.74, 6) is 0.762. The number of nitrogens with two attached hydrogens (primary N) is 1. The number of primary amides is 1. The van der Waals surface area contributed by atoms with Crippen LogP contribution in [0.25, 0.3) is 0 Å². The van der Waals surface area contributed by atoms with Gasteiger partial charge in [0.25, 0.3) is 0 Å². The van der Waals surface area contributed by atoms with Crippen molar-refractivity contribution < 1.29 is 9.53 Å². The van der Waals surface area contributed by atoms with Gasteiger partial charge in [0, 0.05) is 6.04 Å². The first-order chi connectivity index (χ1) is 8.63. The van der Waals surface area contributed by atoms with Crippen LogP contribution in [0.15, 0.2) is 16.7 Å². The van der Waals surface area contributed by atoms with Crippen molar-refractivity contribution in [1.29, 1.82) is 0 Å². The van der Waals surface area contributed by atoms with Gasteiger partial charge in [-0.15, -0.1) is 10.2 Å². The van der Waals surface area contributed by atoms with Crippen LogP contribution in [0.1, 0.15) is 25.7 Å². The molecule has 0 bridgehead atoms. The van der Waals surface area contributed by atoms with Crippen molar-refractivity contribution in [1.82, 2.24) is 10.2 Å². The maximum absolute atomic E-state index is 10.6. The SMILES string of the molecule is NC(=O)O[C@H]1CC[C@H](Nc2ccc(Br)nn2)CC1. The lowest BCUT2D eigenvalue weighted by Gasteiger charge is -2.28. The molecular formula is C11H15BrN4O2. The number of hydrogen-bond acceptors (Lipinski definition) is 5. The summed E-state index contributed by atoms with van der Waals surface area (Å²) in [6.07, 6.45) is 2.77. The Hall–Kier alpha value is -1.37. The normalized spacial score (nSPS) is 23.4. The molecule has 7 heteroatoms. The molecular weight excluding hydrogens is 300 g/mol. The van der Waals surface area contributed by atoms with Gasteiger partial charge in [-0.3, -0.25) is 0 Å². The van der Waals surface area contributed by atoms with E-state index < -0.39 is 6.09 Å². The quantitative estimate of drug-likeness (QED) is 0.891. The number of carbonyl (C=O) groups is 1. The van der Waals surface area contributed by atoms with Crippen LogP contribution in [-0.4, -0.2) is 28.4 Å². The van der Waals surface area contributed by atoms with Gasteiger partial charge in [-0.1, -0.05) is 0 Å². The van der Waals surface area contributed by atoms with Crippen LogP contribution in [0.3, 0.4) is 0 Å². The first-order valence-electron chi connectivity index (χ1n) is 5.85. The van der Waals surface area contributed by atoms with Crippen molar-refractivity contribution in [3.63, 3.8) is 0 Å². The van der Waals surface area contributed by atoms with Gasteiger partial charge in [-0.05, 0) is 53.7 Å². The number of amides is 1. The van der Waals surface area contributed by atoms with E-state index in [9.17, 15) is 4.79 Å². The molecule has 0 unspecified atom stereocenters. The minimum atomic E-state index is -0.690. The third kappa shape index (κ3) is 3.83. The molecule has 0 spiro atoms. The molecule has 1 aromatic heterocycles. The molecule has 1 amide bonds. The predicted molar refractivity (Wildman–Crippen MR) is 70.1 cm³/mol. The van der Waals surface area contributed by atoms with Crippen LogP contribution in [0.4, 0.5) is 10.6 Å². The monoisotopic (exact) mass is 314 g/mol. The van der Waals surface area contributed by atoms with Gasteiger partial charge in [0.05, 0.1) is 0 Å². The zero-order chi connectivity index (χ0) is 13.0. The summed E-state index contributed by atoms with van der Waals surface area (Å²) in [7, 11) is 0. The van der Waals surface area contributed by atoms with Crippen LogP contribution in [0, 0.1) is 0 Å². The highest BCUT2D eigenvalue weighted by Crippen LogP contribution is 2.23. The number of rotatable bonds is 3. The Bertz CT molecular complexity index is 404. The second kappa shape index (κ2) is 5.99. The Kier molecular flexibility index (Phi) is 4.35. The number of nitrogens with zero attached hydrogens (tertiary/aromatic N) is 2. The summed E-state index contributed by atoms with van der Waals surface area (Å²) in [6.45, 7) is 0. The maximum atomic E-state index is 10.6. The minimum Gasteiger partial charge on any atom is -0.446 e. The van der Waals surface area contributed by atoms with E-state index in [1.54, 1.807) is 0 Å². The standard InChI is InChI=1S/C11H15BrN4O2/c12-9-5-6-10(16-15-9)14-7-1-3-8(4-2-7)18-11(13)17/h5-8H,1-4H2,(H2,13,17)(H,14,16)/t7-,8-. The number of carbonyl (C=O) groups excluding carboxylic acids is 1. The average molecular weight is 315 g/mol. The molecule has 0 aromatic carbocycles. The first-order valence-corrected chi connectivity index (χ1v) is 6.64. The highest BCUT2D eigenvalue weighted by molar-refractivity contribution is 9.10.